The molecule has 1 aliphatic rings. The van der Waals surface area contributed by atoms with E-state index in [0.717, 1.165) is 44.7 Å². The molecule has 0 bridgehead atoms. The zero-order valence-corrected chi connectivity index (χ0v) is 16.3. The van der Waals surface area contributed by atoms with E-state index in [-0.39, 0.29) is 0 Å². The van der Waals surface area contributed by atoms with Gasteiger partial charge in [0, 0.05) is 26.6 Å². The number of halogens is 2. The number of hydrogen-bond acceptors (Lipinski definition) is 2. The Labute approximate surface area is 158 Å². The van der Waals surface area contributed by atoms with Crippen LogP contribution in [0, 0.1) is 0 Å². The van der Waals surface area contributed by atoms with Gasteiger partial charge in [-0.15, -0.1) is 0 Å². The fourth-order valence-electron chi connectivity index (χ4n) is 3.14. The van der Waals surface area contributed by atoms with Gasteiger partial charge >= 0.3 is 0 Å². The molecule has 0 radical (unpaired) electrons. The molecule has 3 nitrogen and oxygen atoms in total. The molecule has 0 atom stereocenters. The molecule has 0 saturated heterocycles. The van der Waals surface area contributed by atoms with E-state index in [9.17, 15) is 0 Å². The summed E-state index contributed by atoms with van der Waals surface area (Å²) in [5.41, 5.74) is 4.62. The van der Waals surface area contributed by atoms with E-state index in [1.807, 2.05) is 16.8 Å². The zero-order chi connectivity index (χ0) is 16.5. The highest BCUT2D eigenvalue weighted by molar-refractivity contribution is 9.10. The predicted molar refractivity (Wildman–Crippen MR) is 106 cm³/mol. The molecule has 3 aromatic rings. The quantitative estimate of drug-likeness (QED) is 0.538. The Kier molecular flexibility index (Phi) is 4.46. The van der Waals surface area contributed by atoms with Gasteiger partial charge in [0.05, 0.1) is 11.4 Å². The minimum absolute atomic E-state index is 0.993. The van der Waals surface area contributed by atoms with Crippen molar-refractivity contribution in [3.05, 3.63) is 63.0 Å². The molecule has 0 amide bonds. The lowest BCUT2D eigenvalue weighted by Gasteiger charge is -2.09. The first kappa shape index (κ1) is 15.9. The SMILES string of the molecule is Brc1ccc(-c2nn(-c3cccc(Br)c3)c3c2CCCCN3)cc1. The van der Waals surface area contributed by atoms with Crippen LogP contribution >= 0.6 is 31.9 Å². The molecule has 1 N–H and O–H groups in total. The third kappa shape index (κ3) is 3.03. The Morgan fingerprint density at radius 2 is 1.79 bits per heavy atom. The lowest BCUT2D eigenvalue weighted by Crippen LogP contribution is -2.07. The molecule has 1 aliphatic heterocycles. The van der Waals surface area contributed by atoms with E-state index in [4.69, 9.17) is 5.10 Å². The summed E-state index contributed by atoms with van der Waals surface area (Å²) >= 11 is 7.08. The molecule has 2 heterocycles. The zero-order valence-electron chi connectivity index (χ0n) is 13.1. The smallest absolute Gasteiger partial charge is 0.133 e. The number of aromatic nitrogens is 2. The van der Waals surface area contributed by atoms with Crippen LogP contribution < -0.4 is 5.32 Å². The Bertz CT molecular complexity index is 869. The summed E-state index contributed by atoms with van der Waals surface area (Å²) in [6.45, 7) is 0.993. The van der Waals surface area contributed by atoms with Crippen LogP contribution in [0.5, 0.6) is 0 Å². The number of benzene rings is 2. The van der Waals surface area contributed by atoms with Crippen molar-refractivity contribution in [2.75, 3.05) is 11.9 Å². The number of anilines is 1. The van der Waals surface area contributed by atoms with Gasteiger partial charge in [-0.3, -0.25) is 0 Å². The normalized spacial score (nSPS) is 13.9. The van der Waals surface area contributed by atoms with Crippen molar-refractivity contribution in [3.8, 4) is 16.9 Å². The molecule has 5 heteroatoms. The maximum Gasteiger partial charge on any atom is 0.133 e. The van der Waals surface area contributed by atoms with Crippen molar-refractivity contribution in [2.45, 2.75) is 19.3 Å². The molecule has 0 unspecified atom stereocenters. The summed E-state index contributed by atoms with van der Waals surface area (Å²) in [6.07, 6.45) is 3.43. The number of nitrogens with one attached hydrogen (secondary N) is 1. The second-order valence-corrected chi connectivity index (χ2v) is 7.79. The molecule has 0 aliphatic carbocycles. The van der Waals surface area contributed by atoms with Crippen molar-refractivity contribution in [1.82, 2.24) is 9.78 Å². The molecule has 0 saturated carbocycles. The molecule has 24 heavy (non-hydrogen) atoms. The van der Waals surface area contributed by atoms with Crippen molar-refractivity contribution < 1.29 is 0 Å². The van der Waals surface area contributed by atoms with Gasteiger partial charge in [-0.2, -0.15) is 5.10 Å². The largest absolute Gasteiger partial charge is 0.370 e. The van der Waals surface area contributed by atoms with Crippen molar-refractivity contribution in [3.63, 3.8) is 0 Å². The highest BCUT2D eigenvalue weighted by atomic mass is 79.9. The van der Waals surface area contributed by atoms with E-state index in [0.29, 0.717) is 0 Å². The van der Waals surface area contributed by atoms with E-state index >= 15 is 0 Å². The maximum atomic E-state index is 4.96. The second kappa shape index (κ2) is 6.73. The van der Waals surface area contributed by atoms with Crippen molar-refractivity contribution >= 4 is 37.7 Å². The first-order valence-electron chi connectivity index (χ1n) is 8.10. The van der Waals surface area contributed by atoms with Crippen LogP contribution in [0.2, 0.25) is 0 Å². The van der Waals surface area contributed by atoms with Crippen LogP contribution in [0.15, 0.2) is 57.5 Å². The average molecular weight is 447 g/mol. The Balaban J connectivity index is 1.90. The summed E-state index contributed by atoms with van der Waals surface area (Å²) in [5.74, 6) is 1.13. The van der Waals surface area contributed by atoms with Gasteiger partial charge < -0.3 is 5.32 Å². The molecule has 1 aromatic heterocycles. The van der Waals surface area contributed by atoms with Gasteiger partial charge in [0.25, 0.3) is 0 Å². The second-order valence-electron chi connectivity index (χ2n) is 5.96. The Morgan fingerprint density at radius 3 is 2.58 bits per heavy atom. The van der Waals surface area contributed by atoms with Crippen LogP contribution in [0.1, 0.15) is 18.4 Å². The average Bonchev–Trinajstić information content (AvgIpc) is 2.77. The van der Waals surface area contributed by atoms with Crippen LogP contribution in [0.4, 0.5) is 5.82 Å². The van der Waals surface area contributed by atoms with Crippen LogP contribution in [0.25, 0.3) is 16.9 Å². The first-order chi connectivity index (χ1) is 11.7. The topological polar surface area (TPSA) is 29.9 Å². The molecular weight excluding hydrogens is 430 g/mol. The minimum Gasteiger partial charge on any atom is -0.370 e. The third-order valence-corrected chi connectivity index (χ3v) is 5.32. The van der Waals surface area contributed by atoms with Gasteiger partial charge in [-0.25, -0.2) is 4.68 Å². The predicted octanol–water partition coefficient (Wildman–Crippen LogP) is 5.81. The summed E-state index contributed by atoms with van der Waals surface area (Å²) in [4.78, 5) is 0. The van der Waals surface area contributed by atoms with Gasteiger partial charge in [0.2, 0.25) is 0 Å². The van der Waals surface area contributed by atoms with Gasteiger partial charge in [-0.1, -0.05) is 50.1 Å². The fraction of sp³-hybridized carbons (Fsp3) is 0.211. The van der Waals surface area contributed by atoms with Gasteiger partial charge in [0.15, 0.2) is 0 Å². The van der Waals surface area contributed by atoms with Crippen LogP contribution in [0.3, 0.4) is 0 Å². The summed E-state index contributed by atoms with van der Waals surface area (Å²) in [5, 5.41) is 8.55. The van der Waals surface area contributed by atoms with E-state index in [1.54, 1.807) is 0 Å². The molecule has 2 aromatic carbocycles. The molecule has 122 valence electrons. The summed E-state index contributed by atoms with van der Waals surface area (Å²) in [6, 6.07) is 16.7. The van der Waals surface area contributed by atoms with E-state index in [2.05, 4.69) is 73.6 Å². The number of fused-ring (bicyclic) bond motifs is 1. The number of hydrogen-bond donors (Lipinski definition) is 1. The maximum absolute atomic E-state index is 4.96. The number of rotatable bonds is 2. The summed E-state index contributed by atoms with van der Waals surface area (Å²) < 4.78 is 4.19. The Morgan fingerprint density at radius 1 is 0.958 bits per heavy atom. The molecule has 4 rings (SSSR count). The molecule has 0 fully saturated rings. The standard InChI is InChI=1S/C19H17Br2N3/c20-14-9-7-13(8-10-14)18-17-6-1-2-11-22-19(17)24(23-18)16-5-3-4-15(21)12-16/h3-5,7-10,12,22H,1-2,6,11H2. The lowest BCUT2D eigenvalue weighted by atomic mass is 10.0. The molecular formula is C19H17Br2N3. The van der Waals surface area contributed by atoms with E-state index < -0.39 is 0 Å². The molecule has 0 spiro atoms. The van der Waals surface area contributed by atoms with Gasteiger partial charge in [0.1, 0.15) is 5.82 Å². The third-order valence-electron chi connectivity index (χ3n) is 4.30. The summed E-state index contributed by atoms with van der Waals surface area (Å²) in [7, 11) is 0. The van der Waals surface area contributed by atoms with E-state index in [1.165, 1.54) is 18.4 Å². The van der Waals surface area contributed by atoms with Crippen LogP contribution in [-0.4, -0.2) is 16.3 Å². The fourth-order valence-corrected chi connectivity index (χ4v) is 3.79. The monoisotopic (exact) mass is 445 g/mol. The van der Waals surface area contributed by atoms with Crippen molar-refractivity contribution in [2.24, 2.45) is 0 Å². The number of nitrogens with zero attached hydrogens (tertiary/aromatic N) is 2. The first-order valence-corrected chi connectivity index (χ1v) is 9.68. The highest BCUT2D eigenvalue weighted by Crippen LogP contribution is 2.34. The van der Waals surface area contributed by atoms with Gasteiger partial charge in [-0.05, 0) is 49.6 Å². The minimum atomic E-state index is 0.993. The lowest BCUT2D eigenvalue weighted by molar-refractivity contribution is 0.780. The van der Waals surface area contributed by atoms with Crippen molar-refractivity contribution in [1.29, 1.82) is 0 Å². The van der Waals surface area contributed by atoms with Crippen LogP contribution in [-0.2, 0) is 6.42 Å². The highest BCUT2D eigenvalue weighted by Gasteiger charge is 2.21. The Hall–Kier alpha value is -1.59.